The molecule has 158 valence electrons. The first-order valence-corrected chi connectivity index (χ1v) is 11.5. The van der Waals surface area contributed by atoms with Crippen LogP contribution in [-0.2, 0) is 14.3 Å². The summed E-state index contributed by atoms with van der Waals surface area (Å²) in [5.74, 6) is 0.172. The van der Waals surface area contributed by atoms with Crippen LogP contribution in [0, 0.1) is 11.8 Å². The van der Waals surface area contributed by atoms with Crippen molar-refractivity contribution < 1.29 is 14.3 Å². The van der Waals surface area contributed by atoms with Crippen molar-refractivity contribution in [2.75, 3.05) is 32.7 Å². The van der Waals surface area contributed by atoms with Crippen molar-refractivity contribution >= 4 is 11.8 Å². The molecule has 1 aliphatic carbocycles. The van der Waals surface area contributed by atoms with Crippen LogP contribution < -0.4 is 5.73 Å². The van der Waals surface area contributed by atoms with Crippen LogP contribution in [0.25, 0.3) is 0 Å². The summed E-state index contributed by atoms with van der Waals surface area (Å²) >= 11 is 0. The molecule has 4 aliphatic rings. The lowest BCUT2D eigenvalue weighted by Gasteiger charge is -2.38. The Morgan fingerprint density at radius 2 is 1.50 bits per heavy atom. The molecular weight excluding hydrogens is 354 g/mol. The fraction of sp³-hybridized carbons (Fsp3) is 0.909. The highest BCUT2D eigenvalue weighted by Gasteiger charge is 2.41. The number of rotatable bonds is 4. The van der Waals surface area contributed by atoms with E-state index in [0.717, 1.165) is 45.3 Å². The van der Waals surface area contributed by atoms with E-state index < -0.39 is 0 Å². The number of piperidine rings is 2. The lowest BCUT2D eigenvalue weighted by Crippen LogP contribution is -2.47. The number of nitrogens with two attached hydrogens (primary N) is 1. The molecule has 28 heavy (non-hydrogen) atoms. The summed E-state index contributed by atoms with van der Waals surface area (Å²) in [6.45, 7) is 4.41. The molecule has 4 rings (SSSR count). The number of amides is 2. The van der Waals surface area contributed by atoms with E-state index in [4.69, 9.17) is 10.5 Å². The molecule has 6 heteroatoms. The molecule has 3 saturated heterocycles. The number of hydrogen-bond acceptors (Lipinski definition) is 4. The van der Waals surface area contributed by atoms with Gasteiger partial charge in [-0.15, -0.1) is 0 Å². The second-order valence-electron chi connectivity index (χ2n) is 9.60. The van der Waals surface area contributed by atoms with Gasteiger partial charge in [0.1, 0.15) is 0 Å². The average molecular weight is 392 g/mol. The normalized spacial score (nSPS) is 30.0. The summed E-state index contributed by atoms with van der Waals surface area (Å²) < 4.78 is 6.54. The molecule has 0 bridgehead atoms. The maximum Gasteiger partial charge on any atom is 0.225 e. The highest BCUT2D eigenvalue weighted by Crippen LogP contribution is 2.42. The second kappa shape index (κ2) is 8.70. The van der Waals surface area contributed by atoms with E-state index in [0.29, 0.717) is 25.1 Å². The largest absolute Gasteiger partial charge is 0.370 e. The van der Waals surface area contributed by atoms with Gasteiger partial charge in [0.2, 0.25) is 11.8 Å². The standard InChI is InChI=1S/C22H37N3O3/c23-20(26)17-7-14-25(15-8-17)21(27)18-5-12-24(13-6-18)16-19-4-11-22(28-19)9-2-1-3-10-22/h17-19H,1-16H2,(H2,23,26). The quantitative estimate of drug-likeness (QED) is 0.798. The molecule has 1 saturated carbocycles. The Labute approximate surface area is 169 Å². The van der Waals surface area contributed by atoms with Gasteiger partial charge in [-0.2, -0.15) is 0 Å². The highest BCUT2D eigenvalue weighted by molar-refractivity contribution is 5.80. The molecule has 0 aromatic rings. The lowest BCUT2D eigenvalue weighted by atomic mass is 9.83. The Kier molecular flexibility index (Phi) is 6.26. The Hall–Kier alpha value is -1.14. The zero-order valence-electron chi connectivity index (χ0n) is 17.2. The molecule has 3 aliphatic heterocycles. The Bertz CT molecular complexity index is 559. The first-order chi connectivity index (χ1) is 13.5. The molecule has 0 aromatic carbocycles. The van der Waals surface area contributed by atoms with Crippen molar-refractivity contribution in [1.29, 1.82) is 0 Å². The van der Waals surface area contributed by atoms with Gasteiger partial charge in [-0.05, 0) is 64.5 Å². The molecule has 6 nitrogen and oxygen atoms in total. The van der Waals surface area contributed by atoms with Gasteiger partial charge >= 0.3 is 0 Å². The number of primary amides is 1. The van der Waals surface area contributed by atoms with E-state index in [1.165, 1.54) is 44.9 Å². The monoisotopic (exact) mass is 391 g/mol. The summed E-state index contributed by atoms with van der Waals surface area (Å²) in [6.07, 6.45) is 12.7. The van der Waals surface area contributed by atoms with Crippen LogP contribution >= 0.6 is 0 Å². The summed E-state index contributed by atoms with van der Waals surface area (Å²) in [7, 11) is 0. The van der Waals surface area contributed by atoms with Crippen LogP contribution in [0.2, 0.25) is 0 Å². The third-order valence-corrected chi connectivity index (χ3v) is 7.71. The number of carbonyl (C=O) groups is 2. The van der Waals surface area contributed by atoms with Gasteiger partial charge in [0.05, 0.1) is 11.7 Å². The fourth-order valence-electron chi connectivity index (χ4n) is 5.88. The van der Waals surface area contributed by atoms with Crippen LogP contribution in [0.1, 0.15) is 70.6 Å². The molecule has 2 N–H and O–H groups in total. The van der Waals surface area contributed by atoms with E-state index in [2.05, 4.69) is 4.90 Å². The van der Waals surface area contributed by atoms with E-state index in [1.54, 1.807) is 0 Å². The number of likely N-dealkylation sites (tertiary alicyclic amines) is 2. The zero-order valence-corrected chi connectivity index (χ0v) is 17.2. The van der Waals surface area contributed by atoms with E-state index in [-0.39, 0.29) is 23.3 Å². The molecule has 1 unspecified atom stereocenters. The van der Waals surface area contributed by atoms with Gasteiger partial charge in [-0.3, -0.25) is 9.59 Å². The molecule has 0 aromatic heterocycles. The molecule has 0 radical (unpaired) electrons. The van der Waals surface area contributed by atoms with Crippen molar-refractivity contribution in [2.45, 2.75) is 82.3 Å². The maximum atomic E-state index is 12.8. The molecular formula is C22H37N3O3. The summed E-state index contributed by atoms with van der Waals surface area (Å²) in [5.41, 5.74) is 5.60. The molecule has 4 fully saturated rings. The van der Waals surface area contributed by atoms with Crippen molar-refractivity contribution in [3.05, 3.63) is 0 Å². The van der Waals surface area contributed by atoms with Gasteiger partial charge in [-0.1, -0.05) is 19.3 Å². The Morgan fingerprint density at radius 1 is 0.857 bits per heavy atom. The number of ether oxygens (including phenoxy) is 1. The summed E-state index contributed by atoms with van der Waals surface area (Å²) in [4.78, 5) is 28.6. The third-order valence-electron chi connectivity index (χ3n) is 7.71. The van der Waals surface area contributed by atoms with Crippen molar-refractivity contribution in [3.63, 3.8) is 0 Å². The van der Waals surface area contributed by atoms with Crippen LogP contribution in [0.15, 0.2) is 0 Å². The molecule has 1 spiro atoms. The van der Waals surface area contributed by atoms with Crippen molar-refractivity contribution in [3.8, 4) is 0 Å². The zero-order chi connectivity index (χ0) is 19.6. The summed E-state index contributed by atoms with van der Waals surface area (Å²) in [6, 6.07) is 0. The highest BCUT2D eigenvalue weighted by atomic mass is 16.5. The topological polar surface area (TPSA) is 75.9 Å². The Morgan fingerprint density at radius 3 is 2.14 bits per heavy atom. The van der Waals surface area contributed by atoms with Gasteiger partial charge in [0, 0.05) is 31.5 Å². The smallest absolute Gasteiger partial charge is 0.225 e. The minimum absolute atomic E-state index is 0.0511. The van der Waals surface area contributed by atoms with Gasteiger partial charge in [0.25, 0.3) is 0 Å². The van der Waals surface area contributed by atoms with Gasteiger partial charge in [0.15, 0.2) is 0 Å². The second-order valence-corrected chi connectivity index (χ2v) is 9.60. The van der Waals surface area contributed by atoms with Crippen LogP contribution in [0.3, 0.4) is 0 Å². The van der Waals surface area contributed by atoms with Gasteiger partial charge in [-0.25, -0.2) is 0 Å². The lowest BCUT2D eigenvalue weighted by molar-refractivity contribution is -0.140. The molecule has 1 atom stereocenters. The van der Waals surface area contributed by atoms with Crippen LogP contribution in [0.4, 0.5) is 0 Å². The first-order valence-electron chi connectivity index (χ1n) is 11.5. The average Bonchev–Trinajstić information content (AvgIpc) is 3.10. The number of nitrogens with zero attached hydrogens (tertiary/aromatic N) is 2. The predicted molar refractivity (Wildman–Crippen MR) is 108 cm³/mol. The van der Waals surface area contributed by atoms with Gasteiger partial charge < -0.3 is 20.3 Å². The fourth-order valence-corrected chi connectivity index (χ4v) is 5.88. The SMILES string of the molecule is NC(=O)C1CCN(C(=O)C2CCN(CC3CCC4(CCCCC4)O3)CC2)CC1. The minimum Gasteiger partial charge on any atom is -0.370 e. The summed E-state index contributed by atoms with van der Waals surface area (Å²) in [5, 5.41) is 0. The van der Waals surface area contributed by atoms with Crippen molar-refractivity contribution in [2.24, 2.45) is 17.6 Å². The number of carbonyl (C=O) groups excluding carboxylic acids is 2. The maximum absolute atomic E-state index is 12.8. The van der Waals surface area contributed by atoms with Crippen molar-refractivity contribution in [1.82, 2.24) is 9.80 Å². The van der Waals surface area contributed by atoms with E-state index >= 15 is 0 Å². The number of hydrogen-bond donors (Lipinski definition) is 1. The predicted octanol–water partition coefficient (Wildman–Crippen LogP) is 2.30. The van der Waals surface area contributed by atoms with Crippen LogP contribution in [0.5, 0.6) is 0 Å². The third kappa shape index (κ3) is 4.54. The molecule has 3 heterocycles. The van der Waals surface area contributed by atoms with E-state index in [1.807, 2.05) is 4.90 Å². The first kappa shape index (κ1) is 20.1. The van der Waals surface area contributed by atoms with Crippen LogP contribution in [-0.4, -0.2) is 66.0 Å². The molecule has 2 amide bonds. The Balaban J connectivity index is 1.19. The minimum atomic E-state index is -0.218. The van der Waals surface area contributed by atoms with E-state index in [9.17, 15) is 9.59 Å².